The van der Waals surface area contributed by atoms with Gasteiger partial charge in [0.2, 0.25) is 0 Å². The molecule has 0 radical (unpaired) electrons. The van der Waals surface area contributed by atoms with Crippen LogP contribution in [0.4, 0.5) is 17.2 Å². The molecule has 0 aliphatic carbocycles. The molecule has 7 aromatic rings. The van der Waals surface area contributed by atoms with Crippen LogP contribution in [-0.4, -0.2) is 45.2 Å². The number of hydrogen-bond donors (Lipinski definition) is 3. The predicted octanol–water partition coefficient (Wildman–Crippen LogP) is 7.17. The van der Waals surface area contributed by atoms with Crippen LogP contribution in [-0.2, 0) is 6.54 Å². The molecular weight excluding hydrogens is 583 g/mol. The van der Waals surface area contributed by atoms with E-state index in [2.05, 4.69) is 49.3 Å². The zero-order valence-corrected chi connectivity index (χ0v) is 25.8. The SMILES string of the molecule is Cc1c(-c2nccc3cnc(Nc4ccc(NSc5cnn(-c6ccccn6)c5)cc4)cc23)ccc2c1cnn2CC(C)(C)O. The lowest BCUT2D eigenvalue weighted by atomic mass is 9.98. The van der Waals surface area contributed by atoms with Crippen molar-refractivity contribution in [2.45, 2.75) is 37.8 Å². The number of aromatic nitrogens is 7. The molecule has 0 amide bonds. The minimum Gasteiger partial charge on any atom is -0.389 e. The van der Waals surface area contributed by atoms with Gasteiger partial charge in [0, 0.05) is 57.9 Å². The second kappa shape index (κ2) is 11.7. The van der Waals surface area contributed by atoms with E-state index in [1.165, 1.54) is 11.9 Å². The van der Waals surface area contributed by atoms with E-state index in [1.807, 2.05) is 84.1 Å². The van der Waals surface area contributed by atoms with E-state index in [1.54, 1.807) is 30.9 Å². The van der Waals surface area contributed by atoms with Gasteiger partial charge < -0.3 is 15.1 Å². The summed E-state index contributed by atoms with van der Waals surface area (Å²) in [5, 5.41) is 25.8. The first-order valence-corrected chi connectivity index (χ1v) is 15.3. The molecule has 5 aromatic heterocycles. The number of aliphatic hydroxyl groups is 1. The fourth-order valence-corrected chi connectivity index (χ4v) is 5.87. The summed E-state index contributed by atoms with van der Waals surface area (Å²) in [5.41, 5.74) is 5.01. The third-order valence-electron chi connectivity index (χ3n) is 7.42. The molecule has 0 atom stereocenters. The van der Waals surface area contributed by atoms with E-state index in [0.29, 0.717) is 6.54 Å². The van der Waals surface area contributed by atoms with E-state index in [0.717, 1.165) is 66.4 Å². The van der Waals surface area contributed by atoms with Gasteiger partial charge in [-0.25, -0.2) is 14.6 Å². The zero-order chi connectivity index (χ0) is 31.0. The summed E-state index contributed by atoms with van der Waals surface area (Å²) >= 11 is 1.49. The van der Waals surface area contributed by atoms with Gasteiger partial charge in [-0.1, -0.05) is 12.1 Å². The van der Waals surface area contributed by atoms with Crippen LogP contribution in [0.2, 0.25) is 0 Å². The average molecular weight is 614 g/mol. The van der Waals surface area contributed by atoms with Crippen LogP contribution in [0, 0.1) is 6.92 Å². The fourth-order valence-electron chi connectivity index (χ4n) is 5.25. The Morgan fingerprint density at radius 1 is 0.844 bits per heavy atom. The van der Waals surface area contributed by atoms with Gasteiger partial charge in [0.15, 0.2) is 5.82 Å². The summed E-state index contributed by atoms with van der Waals surface area (Å²) in [6.07, 6.45) is 11.1. The molecule has 0 saturated carbocycles. The molecule has 224 valence electrons. The zero-order valence-electron chi connectivity index (χ0n) is 25.0. The lowest BCUT2D eigenvalue weighted by Gasteiger charge is -2.18. The highest BCUT2D eigenvalue weighted by molar-refractivity contribution is 8.00. The highest BCUT2D eigenvalue weighted by Crippen LogP contribution is 2.34. The van der Waals surface area contributed by atoms with Crippen molar-refractivity contribution in [2.75, 3.05) is 10.0 Å². The van der Waals surface area contributed by atoms with E-state index in [4.69, 9.17) is 4.98 Å². The fraction of sp³-hybridized carbons (Fsp3) is 0.147. The monoisotopic (exact) mass is 613 g/mol. The van der Waals surface area contributed by atoms with Crippen molar-refractivity contribution in [1.29, 1.82) is 0 Å². The smallest absolute Gasteiger partial charge is 0.153 e. The van der Waals surface area contributed by atoms with Gasteiger partial charge in [-0.05, 0) is 92.9 Å². The Hall–Kier alpha value is -5.26. The van der Waals surface area contributed by atoms with E-state index >= 15 is 0 Å². The molecule has 45 heavy (non-hydrogen) atoms. The number of benzene rings is 2. The maximum absolute atomic E-state index is 10.3. The molecular formula is C34H31N9OS. The molecule has 0 unspecified atom stereocenters. The van der Waals surface area contributed by atoms with Crippen molar-refractivity contribution >= 4 is 50.8 Å². The van der Waals surface area contributed by atoms with Crippen molar-refractivity contribution in [1.82, 2.24) is 34.5 Å². The van der Waals surface area contributed by atoms with Crippen LogP contribution in [0.5, 0.6) is 0 Å². The summed E-state index contributed by atoms with van der Waals surface area (Å²) in [6.45, 7) is 6.08. The van der Waals surface area contributed by atoms with Crippen molar-refractivity contribution in [3.05, 3.63) is 109 Å². The predicted molar refractivity (Wildman–Crippen MR) is 180 cm³/mol. The molecule has 7 rings (SSSR count). The Balaban J connectivity index is 1.08. The Labute approximate surface area is 264 Å². The van der Waals surface area contributed by atoms with Crippen molar-refractivity contribution in [3.8, 4) is 17.1 Å². The summed E-state index contributed by atoms with van der Waals surface area (Å²) < 4.78 is 6.97. The molecule has 0 bridgehead atoms. The van der Waals surface area contributed by atoms with Gasteiger partial charge in [-0.2, -0.15) is 10.2 Å². The number of pyridine rings is 3. The van der Waals surface area contributed by atoms with Crippen molar-refractivity contribution < 1.29 is 5.11 Å². The summed E-state index contributed by atoms with van der Waals surface area (Å²) in [5.74, 6) is 1.50. The molecule has 0 aliphatic rings. The lowest BCUT2D eigenvalue weighted by Crippen LogP contribution is -2.26. The number of hydrogen-bond acceptors (Lipinski definition) is 9. The minimum absolute atomic E-state index is 0.413. The average Bonchev–Trinajstić information content (AvgIpc) is 3.68. The summed E-state index contributed by atoms with van der Waals surface area (Å²) in [4.78, 5) is 14.8. The molecule has 5 heterocycles. The number of nitrogens with one attached hydrogen (secondary N) is 2. The Morgan fingerprint density at radius 3 is 2.49 bits per heavy atom. The van der Waals surface area contributed by atoms with Gasteiger partial charge in [-0.15, -0.1) is 0 Å². The van der Waals surface area contributed by atoms with E-state index in [-0.39, 0.29) is 0 Å². The van der Waals surface area contributed by atoms with Gasteiger partial charge in [0.05, 0.1) is 40.6 Å². The van der Waals surface area contributed by atoms with Crippen LogP contribution >= 0.6 is 11.9 Å². The first kappa shape index (κ1) is 28.5. The number of nitrogens with zero attached hydrogens (tertiary/aromatic N) is 7. The van der Waals surface area contributed by atoms with Crippen LogP contribution < -0.4 is 10.0 Å². The third-order valence-corrected chi connectivity index (χ3v) is 8.21. The molecule has 0 saturated heterocycles. The molecule has 3 N–H and O–H groups in total. The third kappa shape index (κ3) is 6.08. The number of rotatable bonds is 9. The molecule has 0 aliphatic heterocycles. The van der Waals surface area contributed by atoms with Crippen LogP contribution in [0.1, 0.15) is 19.4 Å². The minimum atomic E-state index is -0.860. The number of aryl methyl sites for hydroxylation is 1. The number of fused-ring (bicyclic) bond motifs is 2. The van der Waals surface area contributed by atoms with Crippen molar-refractivity contribution in [2.24, 2.45) is 0 Å². The number of anilines is 3. The quantitative estimate of drug-likeness (QED) is 0.146. The van der Waals surface area contributed by atoms with Crippen LogP contribution in [0.3, 0.4) is 0 Å². The van der Waals surface area contributed by atoms with Crippen LogP contribution in [0.25, 0.3) is 38.8 Å². The van der Waals surface area contributed by atoms with Gasteiger partial charge in [-0.3, -0.25) is 9.67 Å². The first-order valence-electron chi connectivity index (χ1n) is 14.5. The van der Waals surface area contributed by atoms with Crippen molar-refractivity contribution in [3.63, 3.8) is 0 Å². The van der Waals surface area contributed by atoms with Gasteiger partial charge in [0.25, 0.3) is 0 Å². The maximum Gasteiger partial charge on any atom is 0.153 e. The Bertz CT molecular complexity index is 2120. The highest BCUT2D eigenvalue weighted by atomic mass is 32.2. The largest absolute Gasteiger partial charge is 0.389 e. The summed E-state index contributed by atoms with van der Waals surface area (Å²) in [6, 6.07) is 22.0. The lowest BCUT2D eigenvalue weighted by molar-refractivity contribution is 0.0591. The molecule has 2 aromatic carbocycles. The second-order valence-electron chi connectivity index (χ2n) is 11.5. The topological polar surface area (TPSA) is 119 Å². The molecule has 11 heteroatoms. The Kier molecular flexibility index (Phi) is 7.40. The normalized spacial score (nSPS) is 11.7. The second-order valence-corrected chi connectivity index (χ2v) is 12.3. The van der Waals surface area contributed by atoms with Crippen LogP contribution in [0.15, 0.2) is 109 Å². The first-order chi connectivity index (χ1) is 21.8. The van der Waals surface area contributed by atoms with Gasteiger partial charge >= 0.3 is 0 Å². The van der Waals surface area contributed by atoms with E-state index < -0.39 is 5.60 Å². The van der Waals surface area contributed by atoms with Gasteiger partial charge in [0.1, 0.15) is 5.82 Å². The molecule has 10 nitrogen and oxygen atoms in total. The highest BCUT2D eigenvalue weighted by Gasteiger charge is 2.18. The standard InChI is InChI=1S/C34H31N9OS/c1-22-27(11-12-30-29(22)19-39-43(30)21-34(2,3)44)33-28-16-31(37-17-23(28)13-15-36-33)40-24-7-9-25(10-8-24)41-45-26-18-38-42(20-26)32-6-4-5-14-35-32/h4-20,41,44H,21H2,1-3H3,(H,37,40). The molecule has 0 spiro atoms. The summed E-state index contributed by atoms with van der Waals surface area (Å²) in [7, 11) is 0. The maximum atomic E-state index is 10.3. The van der Waals surface area contributed by atoms with E-state index in [9.17, 15) is 5.11 Å². The Morgan fingerprint density at radius 2 is 1.69 bits per heavy atom. The molecule has 0 fully saturated rings.